The number of hydrogen-bond acceptors (Lipinski definition) is 5. The number of carbonyl (C=O) groups excluding carboxylic acids is 1. The van der Waals surface area contributed by atoms with E-state index in [1.54, 1.807) is 16.2 Å². The zero-order chi connectivity index (χ0) is 16.4. The van der Waals surface area contributed by atoms with E-state index in [1.165, 1.54) is 12.8 Å². The molecule has 0 spiro atoms. The van der Waals surface area contributed by atoms with Gasteiger partial charge < -0.3 is 10.0 Å². The predicted molar refractivity (Wildman–Crippen MR) is 91.6 cm³/mol. The van der Waals surface area contributed by atoms with Crippen LogP contribution in [0.3, 0.4) is 0 Å². The van der Waals surface area contributed by atoms with E-state index in [4.69, 9.17) is 0 Å². The SMILES string of the molecule is Cc1nc(CC(=O)N(C)[C@@H]2CCC[C@@H](N3CCCC3)[C@@H]2O)cs1. The molecule has 0 aromatic carbocycles. The van der Waals surface area contributed by atoms with Gasteiger partial charge in [0.2, 0.25) is 5.91 Å². The molecule has 0 bridgehead atoms. The fraction of sp³-hybridized carbons (Fsp3) is 0.765. The van der Waals surface area contributed by atoms with Crippen molar-refractivity contribution in [2.75, 3.05) is 20.1 Å². The Bertz CT molecular complexity index is 542. The third-order valence-corrected chi connectivity index (χ3v) is 6.11. The lowest BCUT2D eigenvalue weighted by Gasteiger charge is -2.43. The van der Waals surface area contributed by atoms with Crippen LogP contribution < -0.4 is 0 Å². The van der Waals surface area contributed by atoms with Crippen molar-refractivity contribution in [3.8, 4) is 0 Å². The van der Waals surface area contributed by atoms with Gasteiger partial charge in [-0.25, -0.2) is 4.98 Å². The number of aliphatic hydroxyl groups excluding tert-OH is 1. The lowest BCUT2D eigenvalue weighted by molar-refractivity contribution is -0.136. The number of likely N-dealkylation sites (N-methyl/N-ethyl adjacent to an activating group) is 1. The molecule has 23 heavy (non-hydrogen) atoms. The monoisotopic (exact) mass is 337 g/mol. The zero-order valence-electron chi connectivity index (χ0n) is 14.1. The van der Waals surface area contributed by atoms with Gasteiger partial charge in [-0.05, 0) is 52.1 Å². The van der Waals surface area contributed by atoms with Crippen LogP contribution in [-0.4, -0.2) is 64.1 Å². The van der Waals surface area contributed by atoms with Crippen LogP contribution in [0, 0.1) is 6.92 Å². The largest absolute Gasteiger partial charge is 0.389 e. The molecule has 2 heterocycles. The first-order valence-electron chi connectivity index (χ1n) is 8.65. The van der Waals surface area contributed by atoms with Gasteiger partial charge in [0.1, 0.15) is 0 Å². The minimum Gasteiger partial charge on any atom is -0.389 e. The molecule has 1 N–H and O–H groups in total. The maximum Gasteiger partial charge on any atom is 0.228 e. The van der Waals surface area contributed by atoms with Crippen LogP contribution in [0.25, 0.3) is 0 Å². The number of thiazole rings is 1. The van der Waals surface area contributed by atoms with Crippen LogP contribution in [-0.2, 0) is 11.2 Å². The van der Waals surface area contributed by atoms with E-state index in [0.717, 1.165) is 43.1 Å². The summed E-state index contributed by atoms with van der Waals surface area (Å²) in [5.74, 6) is 0.0569. The number of hydrogen-bond donors (Lipinski definition) is 1. The smallest absolute Gasteiger partial charge is 0.228 e. The summed E-state index contributed by atoms with van der Waals surface area (Å²) in [4.78, 5) is 21.1. The number of aryl methyl sites for hydroxylation is 1. The molecule has 1 aliphatic carbocycles. The average molecular weight is 337 g/mol. The molecule has 2 fully saturated rings. The molecule has 3 rings (SSSR count). The molecule has 1 aromatic rings. The molecule has 128 valence electrons. The third kappa shape index (κ3) is 3.75. The van der Waals surface area contributed by atoms with Crippen molar-refractivity contribution < 1.29 is 9.90 Å². The Morgan fingerprint density at radius 2 is 2.13 bits per heavy atom. The molecule has 0 radical (unpaired) electrons. The van der Waals surface area contributed by atoms with Crippen molar-refractivity contribution in [1.29, 1.82) is 0 Å². The molecule has 3 atom stereocenters. The van der Waals surface area contributed by atoms with Crippen molar-refractivity contribution in [3.63, 3.8) is 0 Å². The Morgan fingerprint density at radius 1 is 1.39 bits per heavy atom. The second kappa shape index (κ2) is 7.28. The van der Waals surface area contributed by atoms with E-state index in [-0.39, 0.29) is 18.0 Å². The normalized spacial score (nSPS) is 28.9. The Kier molecular flexibility index (Phi) is 5.34. The first-order valence-corrected chi connectivity index (χ1v) is 9.53. The van der Waals surface area contributed by atoms with Crippen molar-refractivity contribution >= 4 is 17.2 Å². The van der Waals surface area contributed by atoms with E-state index in [2.05, 4.69) is 9.88 Å². The van der Waals surface area contributed by atoms with Crippen LogP contribution in [0.1, 0.15) is 42.8 Å². The summed E-state index contributed by atoms with van der Waals surface area (Å²) in [5.41, 5.74) is 0.839. The van der Waals surface area contributed by atoms with E-state index in [9.17, 15) is 9.90 Å². The molecule has 2 aliphatic rings. The standard InChI is InChI=1S/C17H27N3O2S/c1-12-18-13(11-23-12)10-16(21)19(2)14-6-5-7-15(17(14)22)20-8-3-4-9-20/h11,14-15,17,22H,3-10H2,1-2H3/t14-,15-,17-/m1/s1. The van der Waals surface area contributed by atoms with E-state index < -0.39 is 6.10 Å². The highest BCUT2D eigenvalue weighted by molar-refractivity contribution is 7.09. The number of carbonyl (C=O) groups is 1. The Labute approximate surface area is 142 Å². The summed E-state index contributed by atoms with van der Waals surface area (Å²) in [7, 11) is 1.84. The van der Waals surface area contributed by atoms with Crippen LogP contribution in [0.5, 0.6) is 0 Å². The number of rotatable bonds is 4. The third-order valence-electron chi connectivity index (χ3n) is 5.29. The molecule has 0 unspecified atom stereocenters. The molecule has 1 saturated heterocycles. The van der Waals surface area contributed by atoms with Gasteiger partial charge in [-0.15, -0.1) is 11.3 Å². The summed E-state index contributed by atoms with van der Waals surface area (Å²) < 4.78 is 0. The van der Waals surface area contributed by atoms with Crippen LogP contribution >= 0.6 is 11.3 Å². The predicted octanol–water partition coefficient (Wildman–Crippen LogP) is 1.83. The van der Waals surface area contributed by atoms with Crippen molar-refractivity contribution in [1.82, 2.24) is 14.8 Å². The Balaban J connectivity index is 1.63. The minimum absolute atomic E-state index is 0.0569. The van der Waals surface area contributed by atoms with Crippen molar-refractivity contribution in [2.45, 2.75) is 63.6 Å². The van der Waals surface area contributed by atoms with Crippen molar-refractivity contribution in [3.05, 3.63) is 16.1 Å². The minimum atomic E-state index is -0.437. The highest BCUT2D eigenvalue weighted by Crippen LogP contribution is 2.29. The first kappa shape index (κ1) is 16.9. The zero-order valence-corrected chi connectivity index (χ0v) is 14.9. The molecule has 1 amide bonds. The summed E-state index contributed by atoms with van der Waals surface area (Å²) in [6.07, 6.45) is 5.37. The van der Waals surface area contributed by atoms with Gasteiger partial charge in [0, 0.05) is 18.5 Å². The number of aromatic nitrogens is 1. The van der Waals surface area contributed by atoms with E-state index in [1.807, 2.05) is 19.4 Å². The summed E-state index contributed by atoms with van der Waals surface area (Å²) in [6, 6.07) is 0.148. The summed E-state index contributed by atoms with van der Waals surface area (Å²) in [6.45, 7) is 4.13. The fourth-order valence-electron chi connectivity index (χ4n) is 3.98. The topological polar surface area (TPSA) is 56.7 Å². The van der Waals surface area contributed by atoms with Crippen LogP contribution in [0.2, 0.25) is 0 Å². The number of amides is 1. The van der Waals surface area contributed by atoms with Crippen LogP contribution in [0.4, 0.5) is 0 Å². The Morgan fingerprint density at radius 3 is 2.78 bits per heavy atom. The molecule has 1 aromatic heterocycles. The maximum atomic E-state index is 12.6. The quantitative estimate of drug-likeness (QED) is 0.911. The summed E-state index contributed by atoms with van der Waals surface area (Å²) >= 11 is 1.57. The van der Waals surface area contributed by atoms with Gasteiger partial charge in [0.15, 0.2) is 0 Å². The molecule has 1 saturated carbocycles. The van der Waals surface area contributed by atoms with E-state index in [0.29, 0.717) is 6.42 Å². The van der Waals surface area contributed by atoms with Gasteiger partial charge in [-0.3, -0.25) is 9.69 Å². The lowest BCUT2D eigenvalue weighted by atomic mass is 9.86. The number of nitrogens with zero attached hydrogens (tertiary/aromatic N) is 3. The van der Waals surface area contributed by atoms with Gasteiger partial charge in [-0.2, -0.15) is 0 Å². The van der Waals surface area contributed by atoms with Gasteiger partial charge in [0.25, 0.3) is 0 Å². The van der Waals surface area contributed by atoms with Gasteiger partial charge in [0.05, 0.1) is 29.3 Å². The summed E-state index contributed by atoms with van der Waals surface area (Å²) in [5, 5.41) is 13.8. The van der Waals surface area contributed by atoms with Gasteiger partial charge in [-0.1, -0.05) is 0 Å². The highest BCUT2D eigenvalue weighted by atomic mass is 32.1. The maximum absolute atomic E-state index is 12.6. The average Bonchev–Trinajstić information content (AvgIpc) is 3.19. The second-order valence-corrected chi connectivity index (χ2v) is 7.90. The molecule has 1 aliphatic heterocycles. The number of likely N-dealkylation sites (tertiary alicyclic amines) is 1. The van der Waals surface area contributed by atoms with Crippen LogP contribution in [0.15, 0.2) is 5.38 Å². The molecule has 6 heteroatoms. The molecular weight excluding hydrogens is 310 g/mol. The second-order valence-electron chi connectivity index (χ2n) is 6.84. The van der Waals surface area contributed by atoms with Gasteiger partial charge >= 0.3 is 0 Å². The number of aliphatic hydroxyl groups is 1. The highest BCUT2D eigenvalue weighted by Gasteiger charge is 2.39. The van der Waals surface area contributed by atoms with Crippen molar-refractivity contribution in [2.24, 2.45) is 0 Å². The fourth-order valence-corrected chi connectivity index (χ4v) is 4.60. The molecular formula is C17H27N3O2S. The Hall–Kier alpha value is -0.980. The lowest BCUT2D eigenvalue weighted by Crippen LogP contribution is -2.56. The molecule has 5 nitrogen and oxygen atoms in total. The first-order chi connectivity index (χ1) is 11.1. The van der Waals surface area contributed by atoms with E-state index >= 15 is 0 Å².